The second-order valence-electron chi connectivity index (χ2n) is 3.34. The molecule has 1 aromatic rings. The summed E-state index contributed by atoms with van der Waals surface area (Å²) in [4.78, 5) is 0. The first-order valence-corrected chi connectivity index (χ1v) is 4.55. The zero-order valence-corrected chi connectivity index (χ0v) is 8.65. The van der Waals surface area contributed by atoms with Crippen LogP contribution in [-0.2, 0) is 6.18 Å². The summed E-state index contributed by atoms with van der Waals surface area (Å²) in [6.45, 7) is -1.42. The normalized spacial score (nSPS) is 12.1. The summed E-state index contributed by atoms with van der Waals surface area (Å²) >= 11 is 0. The number of halogens is 6. The van der Waals surface area contributed by atoms with E-state index in [1.54, 1.807) is 0 Å². The van der Waals surface area contributed by atoms with Crippen LogP contribution in [0.25, 0.3) is 0 Å². The SMILES string of the molecule is N#Cc1cc(C(F)(F)F)ccc1NCC(F)(F)F. The van der Waals surface area contributed by atoms with E-state index in [0.717, 1.165) is 6.07 Å². The molecule has 0 aliphatic rings. The van der Waals surface area contributed by atoms with Gasteiger partial charge in [-0.25, -0.2) is 0 Å². The third-order valence-electron chi connectivity index (χ3n) is 1.95. The van der Waals surface area contributed by atoms with E-state index in [1.165, 1.54) is 6.07 Å². The topological polar surface area (TPSA) is 35.8 Å². The molecule has 0 amide bonds. The highest BCUT2D eigenvalue weighted by Gasteiger charge is 2.31. The predicted octanol–water partition coefficient (Wildman–Crippen LogP) is 3.55. The molecule has 1 N–H and O–H groups in total. The Kier molecular flexibility index (Phi) is 3.74. The predicted molar refractivity (Wildman–Crippen MR) is 50.7 cm³/mol. The highest BCUT2D eigenvalue weighted by atomic mass is 19.4. The second kappa shape index (κ2) is 4.76. The summed E-state index contributed by atoms with van der Waals surface area (Å²) in [6.07, 6.45) is -9.16. The molecule has 0 atom stereocenters. The molecule has 0 unspecified atom stereocenters. The van der Waals surface area contributed by atoms with Crippen molar-refractivity contribution in [3.8, 4) is 6.07 Å². The van der Waals surface area contributed by atoms with Crippen LogP contribution >= 0.6 is 0 Å². The minimum Gasteiger partial charge on any atom is -0.375 e. The summed E-state index contributed by atoms with van der Waals surface area (Å²) in [6, 6.07) is 3.32. The maximum atomic E-state index is 12.3. The molecule has 0 heterocycles. The number of benzene rings is 1. The van der Waals surface area contributed by atoms with Gasteiger partial charge in [-0.3, -0.25) is 0 Å². The first-order chi connectivity index (χ1) is 8.13. The van der Waals surface area contributed by atoms with E-state index in [1.807, 2.05) is 5.32 Å². The Morgan fingerprint density at radius 3 is 2.17 bits per heavy atom. The van der Waals surface area contributed by atoms with E-state index in [2.05, 4.69) is 0 Å². The van der Waals surface area contributed by atoms with Crippen LogP contribution in [0.1, 0.15) is 11.1 Å². The fraction of sp³-hybridized carbons (Fsp3) is 0.300. The van der Waals surface area contributed by atoms with Crippen molar-refractivity contribution in [1.82, 2.24) is 0 Å². The van der Waals surface area contributed by atoms with Crippen LogP contribution in [0.2, 0.25) is 0 Å². The van der Waals surface area contributed by atoms with Gasteiger partial charge in [0.2, 0.25) is 0 Å². The average molecular weight is 268 g/mol. The molecular weight excluding hydrogens is 262 g/mol. The van der Waals surface area contributed by atoms with Crippen LogP contribution in [0.4, 0.5) is 32.0 Å². The Labute approximate surface area is 97.8 Å². The molecule has 98 valence electrons. The zero-order valence-electron chi connectivity index (χ0n) is 8.65. The van der Waals surface area contributed by atoms with Crippen LogP contribution in [0, 0.1) is 11.3 Å². The maximum absolute atomic E-state index is 12.3. The van der Waals surface area contributed by atoms with Gasteiger partial charge in [-0.15, -0.1) is 0 Å². The van der Waals surface area contributed by atoms with Crippen molar-refractivity contribution in [3.05, 3.63) is 29.3 Å². The van der Waals surface area contributed by atoms with E-state index in [0.29, 0.717) is 12.1 Å². The molecule has 0 saturated carbocycles. The van der Waals surface area contributed by atoms with Crippen molar-refractivity contribution in [2.75, 3.05) is 11.9 Å². The van der Waals surface area contributed by atoms with Gasteiger partial charge in [0.05, 0.1) is 16.8 Å². The van der Waals surface area contributed by atoms with E-state index in [9.17, 15) is 26.3 Å². The number of rotatable bonds is 2. The van der Waals surface area contributed by atoms with Gasteiger partial charge >= 0.3 is 12.4 Å². The van der Waals surface area contributed by atoms with Crippen molar-refractivity contribution in [2.24, 2.45) is 0 Å². The standard InChI is InChI=1S/C10H6F6N2/c11-9(12,13)5-18-8-2-1-7(10(14,15)16)3-6(8)4-17/h1-3,18H,5H2. The Balaban J connectivity index is 2.99. The van der Waals surface area contributed by atoms with Crippen molar-refractivity contribution in [3.63, 3.8) is 0 Å². The number of alkyl halides is 6. The second-order valence-corrected chi connectivity index (χ2v) is 3.34. The molecule has 0 fully saturated rings. The highest BCUT2D eigenvalue weighted by Crippen LogP contribution is 2.31. The van der Waals surface area contributed by atoms with E-state index >= 15 is 0 Å². The number of anilines is 1. The molecule has 0 saturated heterocycles. The number of nitrogens with zero attached hydrogens (tertiary/aromatic N) is 1. The molecular formula is C10H6F6N2. The summed E-state index contributed by atoms with van der Waals surface area (Å²) in [5, 5.41) is 10.5. The van der Waals surface area contributed by atoms with Gasteiger partial charge in [-0.1, -0.05) is 0 Å². The minimum absolute atomic E-state index is 0.289. The lowest BCUT2D eigenvalue weighted by Crippen LogP contribution is -2.21. The van der Waals surface area contributed by atoms with Crippen LogP contribution < -0.4 is 5.32 Å². The first kappa shape index (κ1) is 14.2. The van der Waals surface area contributed by atoms with Gasteiger partial charge in [-0.2, -0.15) is 31.6 Å². The molecule has 0 aromatic heterocycles. The Morgan fingerprint density at radius 1 is 1.11 bits per heavy atom. The zero-order chi connectivity index (χ0) is 14.0. The molecule has 2 nitrogen and oxygen atoms in total. The third kappa shape index (κ3) is 3.84. The van der Waals surface area contributed by atoms with Crippen molar-refractivity contribution in [1.29, 1.82) is 5.26 Å². The molecule has 1 aromatic carbocycles. The Hall–Kier alpha value is -1.91. The van der Waals surface area contributed by atoms with Gasteiger partial charge in [0.25, 0.3) is 0 Å². The summed E-state index contributed by atoms with van der Waals surface area (Å²) in [5.41, 5.74) is -1.87. The third-order valence-corrected chi connectivity index (χ3v) is 1.95. The first-order valence-electron chi connectivity index (χ1n) is 4.55. The molecule has 18 heavy (non-hydrogen) atoms. The molecule has 0 aliphatic carbocycles. The van der Waals surface area contributed by atoms with Gasteiger partial charge in [0, 0.05) is 0 Å². The number of hydrogen-bond acceptors (Lipinski definition) is 2. The lowest BCUT2D eigenvalue weighted by molar-refractivity contribution is -0.137. The maximum Gasteiger partial charge on any atom is 0.416 e. The monoisotopic (exact) mass is 268 g/mol. The quantitative estimate of drug-likeness (QED) is 0.832. The van der Waals surface area contributed by atoms with Gasteiger partial charge in [0.1, 0.15) is 12.6 Å². The fourth-order valence-electron chi connectivity index (χ4n) is 1.16. The molecule has 0 spiro atoms. The number of nitrogens with one attached hydrogen (secondary N) is 1. The van der Waals surface area contributed by atoms with Crippen molar-refractivity contribution < 1.29 is 26.3 Å². The lowest BCUT2D eigenvalue weighted by Gasteiger charge is -2.12. The molecule has 0 aliphatic heterocycles. The molecule has 8 heteroatoms. The van der Waals surface area contributed by atoms with E-state index in [-0.39, 0.29) is 5.69 Å². The van der Waals surface area contributed by atoms with Crippen molar-refractivity contribution in [2.45, 2.75) is 12.4 Å². The average Bonchev–Trinajstić information content (AvgIpc) is 2.23. The number of nitriles is 1. The Morgan fingerprint density at radius 2 is 1.72 bits per heavy atom. The van der Waals surface area contributed by atoms with Gasteiger partial charge < -0.3 is 5.32 Å². The summed E-state index contributed by atoms with van der Waals surface area (Å²) < 4.78 is 72.7. The van der Waals surface area contributed by atoms with E-state index < -0.39 is 30.0 Å². The van der Waals surface area contributed by atoms with Crippen LogP contribution in [0.3, 0.4) is 0 Å². The molecule has 0 bridgehead atoms. The van der Waals surface area contributed by atoms with Gasteiger partial charge in [0.15, 0.2) is 0 Å². The fourth-order valence-corrected chi connectivity index (χ4v) is 1.16. The van der Waals surface area contributed by atoms with Crippen molar-refractivity contribution >= 4 is 5.69 Å². The highest BCUT2D eigenvalue weighted by molar-refractivity contribution is 5.59. The minimum atomic E-state index is -4.64. The van der Waals surface area contributed by atoms with Gasteiger partial charge in [-0.05, 0) is 18.2 Å². The lowest BCUT2D eigenvalue weighted by atomic mass is 10.1. The summed E-state index contributed by atoms with van der Waals surface area (Å²) in [5.74, 6) is 0. The largest absolute Gasteiger partial charge is 0.416 e. The van der Waals surface area contributed by atoms with E-state index in [4.69, 9.17) is 5.26 Å². The van der Waals surface area contributed by atoms with Crippen LogP contribution in [0.15, 0.2) is 18.2 Å². The Bertz CT molecular complexity index is 469. The molecule has 1 rings (SSSR count). The van der Waals surface area contributed by atoms with Crippen LogP contribution in [0.5, 0.6) is 0 Å². The number of hydrogen-bond donors (Lipinski definition) is 1. The van der Waals surface area contributed by atoms with Crippen LogP contribution in [-0.4, -0.2) is 12.7 Å². The summed E-state index contributed by atoms with van der Waals surface area (Å²) in [7, 11) is 0. The smallest absolute Gasteiger partial charge is 0.375 e. The molecule has 0 radical (unpaired) electrons.